The topological polar surface area (TPSA) is 40.5 Å². The summed E-state index contributed by atoms with van der Waals surface area (Å²) in [4.78, 5) is 13.6. The van der Waals surface area contributed by atoms with Crippen LogP contribution in [0.25, 0.3) is 0 Å². The van der Waals surface area contributed by atoms with Crippen LogP contribution in [0.15, 0.2) is 22.7 Å². The van der Waals surface area contributed by atoms with E-state index in [0.29, 0.717) is 12.1 Å². The van der Waals surface area contributed by atoms with Gasteiger partial charge in [-0.3, -0.25) is 4.79 Å². The van der Waals surface area contributed by atoms with E-state index >= 15 is 0 Å². The van der Waals surface area contributed by atoms with Crippen LogP contribution in [0.2, 0.25) is 0 Å². The lowest BCUT2D eigenvalue weighted by Gasteiger charge is -2.40. The van der Waals surface area contributed by atoms with Gasteiger partial charge in [-0.15, -0.1) is 0 Å². The third-order valence-corrected chi connectivity index (χ3v) is 5.10. The van der Waals surface area contributed by atoms with E-state index < -0.39 is 5.97 Å². The average Bonchev–Trinajstić information content (AvgIpc) is 2.60. The Morgan fingerprint density at radius 1 is 1.32 bits per heavy atom. The molecule has 19 heavy (non-hydrogen) atoms. The van der Waals surface area contributed by atoms with Crippen LogP contribution < -0.4 is 4.90 Å². The molecule has 0 saturated carbocycles. The first-order valence-electron chi connectivity index (χ1n) is 6.83. The summed E-state index contributed by atoms with van der Waals surface area (Å²) < 4.78 is 1.12. The number of hydrogen-bond acceptors (Lipinski definition) is 2. The number of aryl methyl sites for hydroxylation is 1. The van der Waals surface area contributed by atoms with E-state index in [1.54, 1.807) is 0 Å². The van der Waals surface area contributed by atoms with E-state index in [9.17, 15) is 9.90 Å². The zero-order chi connectivity index (χ0) is 13.6. The fraction of sp³-hybridized carbons (Fsp3) is 0.533. The molecule has 0 spiro atoms. The molecule has 2 heterocycles. The van der Waals surface area contributed by atoms with Gasteiger partial charge in [-0.2, -0.15) is 0 Å². The Balaban J connectivity index is 1.89. The second-order valence-electron chi connectivity index (χ2n) is 5.75. The molecular formula is C15H18BrNO2. The van der Waals surface area contributed by atoms with Crippen LogP contribution in [-0.4, -0.2) is 23.2 Å². The summed E-state index contributed by atoms with van der Waals surface area (Å²) in [7, 11) is 0. The van der Waals surface area contributed by atoms with Crippen molar-refractivity contribution < 1.29 is 9.90 Å². The summed E-state index contributed by atoms with van der Waals surface area (Å²) in [5.74, 6) is -0.780. The third-order valence-electron chi connectivity index (χ3n) is 4.46. The van der Waals surface area contributed by atoms with Gasteiger partial charge >= 0.3 is 5.97 Å². The number of carboxylic acid groups (broad SMARTS) is 1. The lowest BCUT2D eigenvalue weighted by molar-refractivity contribution is -0.142. The number of piperidine rings is 1. The molecule has 3 rings (SSSR count). The summed E-state index contributed by atoms with van der Waals surface area (Å²) in [6.07, 6.45) is 3.81. The minimum Gasteiger partial charge on any atom is -0.481 e. The highest BCUT2D eigenvalue weighted by Gasteiger charge is 2.43. The highest BCUT2D eigenvalue weighted by atomic mass is 79.9. The minimum absolute atomic E-state index is 0.155. The average molecular weight is 324 g/mol. The van der Waals surface area contributed by atoms with Gasteiger partial charge in [0.15, 0.2) is 0 Å². The van der Waals surface area contributed by atoms with Gasteiger partial charge in [0.25, 0.3) is 0 Å². The van der Waals surface area contributed by atoms with Crippen LogP contribution in [0, 0.1) is 12.8 Å². The van der Waals surface area contributed by atoms with E-state index in [1.807, 2.05) is 0 Å². The Kier molecular flexibility index (Phi) is 3.29. The minimum atomic E-state index is -0.625. The predicted octanol–water partition coefficient (Wildman–Crippen LogP) is 3.59. The molecule has 0 aromatic heterocycles. The van der Waals surface area contributed by atoms with Crippen LogP contribution in [0.3, 0.4) is 0 Å². The van der Waals surface area contributed by atoms with E-state index in [1.165, 1.54) is 11.3 Å². The molecule has 1 N–H and O–H groups in total. The highest BCUT2D eigenvalue weighted by Crippen LogP contribution is 2.44. The molecule has 0 aliphatic carbocycles. The molecule has 2 atom stereocenters. The van der Waals surface area contributed by atoms with Gasteiger partial charge in [0.05, 0.1) is 11.6 Å². The lowest BCUT2D eigenvalue weighted by Crippen LogP contribution is -2.45. The summed E-state index contributed by atoms with van der Waals surface area (Å²) in [6, 6.07) is 7.20. The number of anilines is 1. The molecule has 2 saturated heterocycles. The van der Waals surface area contributed by atoms with Crippen molar-refractivity contribution in [3.63, 3.8) is 0 Å². The maximum absolute atomic E-state index is 11.2. The Morgan fingerprint density at radius 3 is 2.47 bits per heavy atom. The summed E-state index contributed by atoms with van der Waals surface area (Å²) in [6.45, 7) is 2.08. The number of nitrogens with zero attached hydrogens (tertiary/aromatic N) is 1. The molecule has 0 amide bonds. The number of halogens is 1. The lowest BCUT2D eigenvalue weighted by atomic mass is 9.90. The fourth-order valence-corrected chi connectivity index (χ4v) is 4.29. The summed E-state index contributed by atoms with van der Waals surface area (Å²) in [5.41, 5.74) is 2.46. The van der Waals surface area contributed by atoms with Crippen molar-refractivity contribution in [3.05, 3.63) is 28.2 Å². The van der Waals surface area contributed by atoms with Crippen molar-refractivity contribution in [2.45, 2.75) is 44.7 Å². The standard InChI is InChI=1S/C15H18BrNO2/c1-9-2-5-14(13(16)6-9)17-11-3-4-12(17)8-10(7-11)15(18)19/h2,5-6,10-12H,3-4,7-8H2,1H3,(H,18,19). The fourth-order valence-electron chi connectivity index (χ4n) is 3.59. The van der Waals surface area contributed by atoms with Crippen molar-refractivity contribution in [2.75, 3.05) is 4.90 Å². The molecule has 2 fully saturated rings. The zero-order valence-corrected chi connectivity index (χ0v) is 12.6. The number of aliphatic carboxylic acids is 1. The molecule has 102 valence electrons. The maximum Gasteiger partial charge on any atom is 0.306 e. The molecular weight excluding hydrogens is 306 g/mol. The van der Waals surface area contributed by atoms with Gasteiger partial charge in [0.2, 0.25) is 0 Å². The quantitative estimate of drug-likeness (QED) is 0.904. The Bertz CT molecular complexity index is 503. The second-order valence-corrected chi connectivity index (χ2v) is 6.61. The largest absolute Gasteiger partial charge is 0.481 e. The third kappa shape index (κ3) is 2.27. The van der Waals surface area contributed by atoms with Crippen LogP contribution in [0.4, 0.5) is 5.69 Å². The maximum atomic E-state index is 11.2. The van der Waals surface area contributed by atoms with Gasteiger partial charge in [-0.1, -0.05) is 6.07 Å². The normalized spacial score (nSPS) is 29.6. The van der Waals surface area contributed by atoms with Crippen molar-refractivity contribution >= 4 is 27.6 Å². The Labute approximate surface area is 121 Å². The van der Waals surface area contributed by atoms with Crippen molar-refractivity contribution in [2.24, 2.45) is 5.92 Å². The number of carboxylic acids is 1. The van der Waals surface area contributed by atoms with Gasteiger partial charge in [-0.05, 0) is 66.2 Å². The van der Waals surface area contributed by atoms with Crippen molar-refractivity contribution in [1.82, 2.24) is 0 Å². The van der Waals surface area contributed by atoms with Gasteiger partial charge in [-0.25, -0.2) is 0 Å². The predicted molar refractivity (Wildman–Crippen MR) is 78.5 cm³/mol. The molecule has 0 radical (unpaired) electrons. The smallest absolute Gasteiger partial charge is 0.306 e. The molecule has 1 aromatic rings. The molecule has 1 aromatic carbocycles. The zero-order valence-electron chi connectivity index (χ0n) is 11.0. The van der Waals surface area contributed by atoms with Gasteiger partial charge in [0, 0.05) is 16.6 Å². The SMILES string of the molecule is Cc1ccc(N2C3CCC2CC(C(=O)O)C3)c(Br)c1. The van der Waals surface area contributed by atoms with Gasteiger partial charge in [0.1, 0.15) is 0 Å². The van der Waals surface area contributed by atoms with E-state index in [0.717, 1.165) is 30.2 Å². The summed E-state index contributed by atoms with van der Waals surface area (Å²) in [5, 5.41) is 9.22. The van der Waals surface area contributed by atoms with Crippen LogP contribution in [0.1, 0.15) is 31.2 Å². The monoisotopic (exact) mass is 323 g/mol. The molecule has 3 nitrogen and oxygen atoms in total. The van der Waals surface area contributed by atoms with E-state index in [2.05, 4.69) is 46.0 Å². The first kappa shape index (κ1) is 13.0. The van der Waals surface area contributed by atoms with Crippen LogP contribution >= 0.6 is 15.9 Å². The van der Waals surface area contributed by atoms with Crippen molar-refractivity contribution in [3.8, 4) is 0 Å². The first-order valence-corrected chi connectivity index (χ1v) is 7.63. The molecule has 2 unspecified atom stereocenters. The number of hydrogen-bond donors (Lipinski definition) is 1. The molecule has 2 aliphatic rings. The van der Waals surface area contributed by atoms with Crippen molar-refractivity contribution in [1.29, 1.82) is 0 Å². The van der Waals surface area contributed by atoms with Crippen LogP contribution in [-0.2, 0) is 4.79 Å². The van der Waals surface area contributed by atoms with E-state index in [4.69, 9.17) is 0 Å². The number of rotatable bonds is 2. The number of benzene rings is 1. The van der Waals surface area contributed by atoms with Crippen LogP contribution in [0.5, 0.6) is 0 Å². The van der Waals surface area contributed by atoms with E-state index in [-0.39, 0.29) is 5.92 Å². The first-order chi connectivity index (χ1) is 9.06. The highest BCUT2D eigenvalue weighted by molar-refractivity contribution is 9.10. The molecule has 2 bridgehead atoms. The second kappa shape index (κ2) is 4.82. The van der Waals surface area contributed by atoms with Gasteiger partial charge < -0.3 is 10.0 Å². The summed E-state index contributed by atoms with van der Waals surface area (Å²) >= 11 is 3.65. The molecule has 2 aliphatic heterocycles. The number of fused-ring (bicyclic) bond motifs is 2. The Morgan fingerprint density at radius 2 is 1.95 bits per heavy atom. The molecule has 4 heteroatoms. The number of carbonyl (C=O) groups is 1. The Hall–Kier alpha value is -1.03.